The smallest absolute Gasteiger partial charge is 0.237 e. The summed E-state index contributed by atoms with van der Waals surface area (Å²) >= 11 is 0. The van der Waals surface area contributed by atoms with Crippen LogP contribution in [0.5, 0.6) is 0 Å². The molecule has 0 aliphatic heterocycles. The number of aliphatic hydroxyl groups is 1. The number of hydrogen-bond acceptors (Lipinski definition) is 4. The third-order valence-electron chi connectivity index (χ3n) is 0.988. The van der Waals surface area contributed by atoms with E-state index in [9.17, 15) is 0 Å². The molecule has 0 bridgehead atoms. The molecule has 1 heterocycles. The van der Waals surface area contributed by atoms with Crippen molar-refractivity contribution in [3.05, 3.63) is 16.8 Å². The van der Waals surface area contributed by atoms with Gasteiger partial charge in [-0.15, -0.1) is 5.10 Å². The fourth-order valence-corrected chi connectivity index (χ4v) is 0.581. The van der Waals surface area contributed by atoms with Gasteiger partial charge in [0.2, 0.25) is 5.95 Å². The standard InChI is InChI=1S/C4H6N6O/c5-9-7-4-6-3-10(8-4)1-2-11/h3,11H,1-2H2. The maximum Gasteiger partial charge on any atom is 0.237 e. The molecule has 1 aromatic rings. The Morgan fingerprint density at radius 2 is 2.64 bits per heavy atom. The van der Waals surface area contributed by atoms with Gasteiger partial charge < -0.3 is 5.11 Å². The maximum atomic E-state index is 8.47. The van der Waals surface area contributed by atoms with Crippen LogP contribution in [-0.2, 0) is 6.54 Å². The predicted octanol–water partition coefficient (Wildman–Crippen LogP) is 0.212. The lowest BCUT2D eigenvalue weighted by Gasteiger charge is -1.91. The minimum atomic E-state index is -0.0148. The van der Waals surface area contributed by atoms with Gasteiger partial charge in [-0.2, -0.15) is 0 Å². The van der Waals surface area contributed by atoms with Crippen LogP contribution in [-0.4, -0.2) is 26.5 Å². The quantitative estimate of drug-likeness (QED) is 0.382. The number of rotatable bonds is 3. The number of hydrogen-bond donors (Lipinski definition) is 1. The zero-order valence-electron chi connectivity index (χ0n) is 5.62. The van der Waals surface area contributed by atoms with E-state index in [0.29, 0.717) is 6.54 Å². The van der Waals surface area contributed by atoms with E-state index >= 15 is 0 Å². The second-order valence-electron chi connectivity index (χ2n) is 1.72. The Balaban J connectivity index is 2.73. The van der Waals surface area contributed by atoms with E-state index in [0.717, 1.165) is 0 Å². The van der Waals surface area contributed by atoms with Gasteiger partial charge in [0.25, 0.3) is 0 Å². The van der Waals surface area contributed by atoms with Crippen molar-refractivity contribution in [3.8, 4) is 0 Å². The first-order valence-corrected chi connectivity index (χ1v) is 2.92. The molecule has 0 unspecified atom stereocenters. The Kier molecular flexibility index (Phi) is 2.42. The molecule has 7 nitrogen and oxygen atoms in total. The number of azide groups is 1. The summed E-state index contributed by atoms with van der Waals surface area (Å²) in [6, 6.07) is 0. The lowest BCUT2D eigenvalue weighted by atomic mass is 10.7. The first-order valence-electron chi connectivity index (χ1n) is 2.92. The van der Waals surface area contributed by atoms with Crippen LogP contribution in [0.15, 0.2) is 11.4 Å². The van der Waals surface area contributed by atoms with E-state index in [1.54, 1.807) is 0 Å². The molecule has 1 rings (SSSR count). The van der Waals surface area contributed by atoms with Gasteiger partial charge in [0.1, 0.15) is 6.33 Å². The molecule has 0 fully saturated rings. The second kappa shape index (κ2) is 3.55. The summed E-state index contributed by atoms with van der Waals surface area (Å²) in [5.41, 5.74) is 7.98. The molecule has 7 heteroatoms. The van der Waals surface area contributed by atoms with Crippen LogP contribution in [0, 0.1) is 0 Å². The van der Waals surface area contributed by atoms with Gasteiger partial charge in [-0.1, -0.05) is 0 Å². The van der Waals surface area contributed by atoms with Gasteiger partial charge in [-0.3, -0.25) is 4.68 Å². The average molecular weight is 154 g/mol. The van der Waals surface area contributed by atoms with Crippen molar-refractivity contribution in [1.29, 1.82) is 0 Å². The zero-order valence-corrected chi connectivity index (χ0v) is 5.62. The Morgan fingerprint density at radius 1 is 1.82 bits per heavy atom. The van der Waals surface area contributed by atoms with Crippen LogP contribution in [0.1, 0.15) is 0 Å². The lowest BCUT2D eigenvalue weighted by molar-refractivity contribution is 0.269. The van der Waals surface area contributed by atoms with Crippen LogP contribution < -0.4 is 0 Å². The minimum Gasteiger partial charge on any atom is -0.394 e. The Morgan fingerprint density at radius 3 is 3.27 bits per heavy atom. The summed E-state index contributed by atoms with van der Waals surface area (Å²) in [6.07, 6.45) is 1.39. The molecular weight excluding hydrogens is 148 g/mol. The van der Waals surface area contributed by atoms with Crippen molar-refractivity contribution in [1.82, 2.24) is 14.8 Å². The van der Waals surface area contributed by atoms with E-state index in [1.807, 2.05) is 0 Å². The highest BCUT2D eigenvalue weighted by molar-refractivity contribution is 5.08. The molecule has 0 amide bonds. The Bertz CT molecular complexity index is 274. The Hall–Kier alpha value is -1.59. The third-order valence-corrected chi connectivity index (χ3v) is 0.988. The van der Waals surface area contributed by atoms with Crippen molar-refractivity contribution < 1.29 is 5.11 Å². The molecular formula is C4H6N6O. The van der Waals surface area contributed by atoms with Gasteiger partial charge in [0.05, 0.1) is 13.2 Å². The van der Waals surface area contributed by atoms with Gasteiger partial charge in [0.15, 0.2) is 0 Å². The van der Waals surface area contributed by atoms with Gasteiger partial charge in [-0.25, -0.2) is 4.98 Å². The monoisotopic (exact) mass is 154 g/mol. The van der Waals surface area contributed by atoms with Crippen LogP contribution in [0.3, 0.4) is 0 Å². The van der Waals surface area contributed by atoms with E-state index in [4.69, 9.17) is 10.6 Å². The van der Waals surface area contributed by atoms with Crippen molar-refractivity contribution >= 4 is 5.95 Å². The zero-order chi connectivity index (χ0) is 8.10. The van der Waals surface area contributed by atoms with Crippen molar-refractivity contribution in [2.24, 2.45) is 5.11 Å². The molecule has 0 aromatic carbocycles. The van der Waals surface area contributed by atoms with Crippen molar-refractivity contribution in [2.45, 2.75) is 6.54 Å². The maximum absolute atomic E-state index is 8.47. The lowest BCUT2D eigenvalue weighted by Crippen LogP contribution is -2.01. The normalized spacial score (nSPS) is 9.18. The molecule has 0 saturated carbocycles. The average Bonchev–Trinajstić information content (AvgIpc) is 2.38. The number of aromatic nitrogens is 3. The molecule has 0 aliphatic carbocycles. The summed E-state index contributed by atoms with van der Waals surface area (Å²) < 4.78 is 1.39. The summed E-state index contributed by atoms with van der Waals surface area (Å²) in [4.78, 5) is 6.15. The molecule has 0 spiro atoms. The Labute approximate surface area is 61.9 Å². The summed E-state index contributed by atoms with van der Waals surface area (Å²) in [7, 11) is 0. The highest BCUT2D eigenvalue weighted by Gasteiger charge is 1.94. The number of nitrogens with zero attached hydrogens (tertiary/aromatic N) is 6. The summed E-state index contributed by atoms with van der Waals surface area (Å²) in [5.74, 6) is 0.0703. The van der Waals surface area contributed by atoms with Gasteiger partial charge >= 0.3 is 0 Å². The third kappa shape index (κ3) is 1.92. The van der Waals surface area contributed by atoms with E-state index in [2.05, 4.69) is 20.1 Å². The first kappa shape index (κ1) is 7.52. The minimum absolute atomic E-state index is 0.0148. The fraction of sp³-hybridized carbons (Fsp3) is 0.500. The second-order valence-corrected chi connectivity index (χ2v) is 1.72. The molecule has 1 aromatic heterocycles. The van der Waals surface area contributed by atoms with Crippen LogP contribution >= 0.6 is 0 Å². The molecule has 0 saturated heterocycles. The van der Waals surface area contributed by atoms with Crippen LogP contribution in [0.2, 0.25) is 0 Å². The fourth-order valence-electron chi connectivity index (χ4n) is 0.581. The molecule has 0 aliphatic rings. The SMILES string of the molecule is [N-]=[N+]=Nc1ncn(CCO)n1. The summed E-state index contributed by atoms with van der Waals surface area (Å²) in [5, 5.41) is 15.3. The first-order chi connectivity index (χ1) is 5.36. The van der Waals surface area contributed by atoms with Gasteiger partial charge in [-0.05, 0) is 10.6 Å². The van der Waals surface area contributed by atoms with Crippen LogP contribution in [0.4, 0.5) is 5.95 Å². The van der Waals surface area contributed by atoms with Crippen LogP contribution in [0.25, 0.3) is 10.4 Å². The molecule has 0 atom stereocenters. The van der Waals surface area contributed by atoms with E-state index < -0.39 is 0 Å². The summed E-state index contributed by atoms with van der Waals surface area (Å²) in [6.45, 7) is 0.340. The molecule has 0 radical (unpaired) electrons. The highest BCUT2D eigenvalue weighted by atomic mass is 16.3. The molecule has 1 N–H and O–H groups in total. The predicted molar refractivity (Wildman–Crippen MR) is 35.9 cm³/mol. The highest BCUT2D eigenvalue weighted by Crippen LogP contribution is 2.00. The number of aliphatic hydroxyl groups excluding tert-OH is 1. The van der Waals surface area contributed by atoms with E-state index in [-0.39, 0.29) is 12.6 Å². The van der Waals surface area contributed by atoms with Crippen molar-refractivity contribution in [2.75, 3.05) is 6.61 Å². The largest absolute Gasteiger partial charge is 0.394 e. The van der Waals surface area contributed by atoms with E-state index in [1.165, 1.54) is 11.0 Å². The van der Waals surface area contributed by atoms with Crippen molar-refractivity contribution in [3.63, 3.8) is 0 Å². The van der Waals surface area contributed by atoms with Gasteiger partial charge in [0, 0.05) is 4.91 Å². The topological polar surface area (TPSA) is 99.7 Å². The molecule has 58 valence electrons. The molecule has 11 heavy (non-hydrogen) atoms.